The van der Waals surface area contributed by atoms with Crippen LogP contribution in [0.15, 0.2) is 29.2 Å². The van der Waals surface area contributed by atoms with E-state index >= 15 is 0 Å². The molecule has 1 heterocycles. The van der Waals surface area contributed by atoms with Crippen LogP contribution in [0.25, 0.3) is 0 Å². The summed E-state index contributed by atoms with van der Waals surface area (Å²) in [5, 5.41) is 2.99. The molecule has 0 bridgehead atoms. The van der Waals surface area contributed by atoms with Crippen LogP contribution in [0.5, 0.6) is 0 Å². The minimum absolute atomic E-state index is 0.0198. The van der Waals surface area contributed by atoms with Gasteiger partial charge in [0.25, 0.3) is 5.91 Å². The Kier molecular flexibility index (Phi) is 8.22. The highest BCUT2D eigenvalue weighted by molar-refractivity contribution is 7.89. The van der Waals surface area contributed by atoms with E-state index in [9.17, 15) is 18.0 Å². The number of rotatable bonds is 8. The molecule has 0 unspecified atom stereocenters. The standard InChI is InChI=1S/C21H33N3O4S/c1-5-24(6-2)29(27,28)19-9-7-8-17(15-19)21(26)22-18-10-12-23(13-11-18)20(25)14-16(3)4/h7-9,15-16,18H,5-6,10-14H2,1-4H3,(H,22,26). The Balaban J connectivity index is 2.00. The minimum Gasteiger partial charge on any atom is -0.349 e. The summed E-state index contributed by atoms with van der Waals surface area (Å²) in [5.74, 6) is 0.215. The zero-order valence-electron chi connectivity index (χ0n) is 17.8. The first kappa shape index (κ1) is 23.3. The summed E-state index contributed by atoms with van der Waals surface area (Å²) in [6.07, 6.45) is 1.95. The molecule has 0 radical (unpaired) electrons. The molecule has 1 aliphatic rings. The van der Waals surface area contributed by atoms with Crippen molar-refractivity contribution in [3.63, 3.8) is 0 Å². The number of nitrogens with zero attached hydrogens (tertiary/aromatic N) is 2. The molecule has 162 valence electrons. The number of hydrogen-bond donors (Lipinski definition) is 1. The molecule has 0 saturated carbocycles. The molecule has 1 N–H and O–H groups in total. The zero-order chi connectivity index (χ0) is 21.6. The third kappa shape index (κ3) is 6.02. The van der Waals surface area contributed by atoms with Gasteiger partial charge in [-0.2, -0.15) is 4.31 Å². The van der Waals surface area contributed by atoms with Crippen LogP contribution in [0.2, 0.25) is 0 Å². The smallest absolute Gasteiger partial charge is 0.251 e. The van der Waals surface area contributed by atoms with Gasteiger partial charge in [-0.05, 0) is 37.0 Å². The fourth-order valence-electron chi connectivity index (χ4n) is 3.53. The first-order valence-corrected chi connectivity index (χ1v) is 11.8. The van der Waals surface area contributed by atoms with Crippen LogP contribution in [0, 0.1) is 5.92 Å². The van der Waals surface area contributed by atoms with E-state index in [1.54, 1.807) is 26.0 Å². The second-order valence-electron chi connectivity index (χ2n) is 7.84. The number of nitrogens with one attached hydrogen (secondary N) is 1. The van der Waals surface area contributed by atoms with Gasteiger partial charge in [0.1, 0.15) is 0 Å². The number of carbonyl (C=O) groups excluding carboxylic acids is 2. The molecule has 1 fully saturated rings. The van der Waals surface area contributed by atoms with Crippen LogP contribution in [-0.2, 0) is 14.8 Å². The Morgan fingerprint density at radius 3 is 2.34 bits per heavy atom. The summed E-state index contributed by atoms with van der Waals surface area (Å²) in [5.41, 5.74) is 0.330. The summed E-state index contributed by atoms with van der Waals surface area (Å²) < 4.78 is 26.8. The van der Waals surface area contributed by atoms with Crippen LogP contribution in [0.3, 0.4) is 0 Å². The second-order valence-corrected chi connectivity index (χ2v) is 9.78. The average molecular weight is 424 g/mol. The third-order valence-corrected chi connectivity index (χ3v) is 7.25. The van der Waals surface area contributed by atoms with Gasteiger partial charge in [0.15, 0.2) is 0 Å². The summed E-state index contributed by atoms with van der Waals surface area (Å²) >= 11 is 0. The van der Waals surface area contributed by atoms with E-state index in [4.69, 9.17) is 0 Å². The van der Waals surface area contributed by atoms with Gasteiger partial charge in [-0.3, -0.25) is 9.59 Å². The average Bonchev–Trinajstić information content (AvgIpc) is 2.68. The fraction of sp³-hybridized carbons (Fsp3) is 0.619. The second kappa shape index (κ2) is 10.2. The molecular weight excluding hydrogens is 390 g/mol. The first-order valence-electron chi connectivity index (χ1n) is 10.4. The van der Waals surface area contributed by atoms with E-state index in [0.717, 1.165) is 0 Å². The normalized spacial score (nSPS) is 15.7. The van der Waals surface area contributed by atoms with Crippen LogP contribution in [-0.4, -0.2) is 61.7 Å². The van der Waals surface area contributed by atoms with Crippen molar-refractivity contribution in [2.75, 3.05) is 26.2 Å². The van der Waals surface area contributed by atoms with Crippen LogP contribution >= 0.6 is 0 Å². The Hall–Kier alpha value is -1.93. The van der Waals surface area contributed by atoms with Crippen molar-refractivity contribution in [2.24, 2.45) is 5.92 Å². The molecule has 0 atom stereocenters. The van der Waals surface area contributed by atoms with Crippen LogP contribution < -0.4 is 5.32 Å². The van der Waals surface area contributed by atoms with Crippen molar-refractivity contribution in [2.45, 2.75) is 57.9 Å². The van der Waals surface area contributed by atoms with Gasteiger partial charge in [-0.1, -0.05) is 33.8 Å². The van der Waals surface area contributed by atoms with Gasteiger partial charge >= 0.3 is 0 Å². The van der Waals surface area contributed by atoms with Gasteiger partial charge in [0.2, 0.25) is 15.9 Å². The van der Waals surface area contributed by atoms with Crippen molar-refractivity contribution in [3.8, 4) is 0 Å². The zero-order valence-corrected chi connectivity index (χ0v) is 18.7. The number of likely N-dealkylation sites (tertiary alicyclic amines) is 1. The summed E-state index contributed by atoms with van der Waals surface area (Å²) in [4.78, 5) is 26.8. The number of sulfonamides is 1. The Bertz CT molecular complexity index is 811. The number of carbonyl (C=O) groups is 2. The lowest BCUT2D eigenvalue weighted by Gasteiger charge is -2.33. The number of piperidine rings is 1. The predicted molar refractivity (Wildman–Crippen MR) is 113 cm³/mol. The van der Waals surface area contributed by atoms with Crippen LogP contribution in [0.4, 0.5) is 0 Å². The molecule has 7 nitrogen and oxygen atoms in total. The molecule has 0 aliphatic carbocycles. The first-order chi connectivity index (χ1) is 13.7. The van der Waals surface area contributed by atoms with E-state index in [2.05, 4.69) is 5.32 Å². The van der Waals surface area contributed by atoms with Crippen LogP contribution in [0.1, 0.15) is 57.3 Å². The molecule has 1 aliphatic heterocycles. The summed E-state index contributed by atoms with van der Waals surface area (Å²) in [7, 11) is -3.61. The van der Waals surface area contributed by atoms with Crippen molar-refractivity contribution in [3.05, 3.63) is 29.8 Å². The topological polar surface area (TPSA) is 86.8 Å². The van der Waals surface area contributed by atoms with E-state index in [-0.39, 0.29) is 22.8 Å². The summed E-state index contributed by atoms with van der Waals surface area (Å²) in [6.45, 7) is 9.65. The SMILES string of the molecule is CCN(CC)S(=O)(=O)c1cccc(C(=O)NC2CCN(C(=O)CC(C)C)CC2)c1. The Morgan fingerprint density at radius 1 is 1.17 bits per heavy atom. The molecule has 8 heteroatoms. The molecule has 1 aromatic carbocycles. The Morgan fingerprint density at radius 2 is 1.79 bits per heavy atom. The largest absolute Gasteiger partial charge is 0.349 e. The molecule has 29 heavy (non-hydrogen) atoms. The van der Waals surface area contributed by atoms with Gasteiger partial charge in [-0.15, -0.1) is 0 Å². The van der Waals surface area contributed by atoms with E-state index in [0.29, 0.717) is 56.9 Å². The Labute approximate surface area is 174 Å². The number of hydrogen-bond acceptors (Lipinski definition) is 4. The maximum absolute atomic E-state index is 12.7. The van der Waals surface area contributed by atoms with Gasteiger partial charge in [0.05, 0.1) is 4.90 Å². The molecular formula is C21H33N3O4S. The third-order valence-electron chi connectivity index (χ3n) is 5.21. The molecule has 1 aromatic rings. The predicted octanol–water partition coefficient (Wildman–Crippen LogP) is 2.48. The number of benzene rings is 1. The van der Waals surface area contributed by atoms with E-state index < -0.39 is 10.0 Å². The van der Waals surface area contributed by atoms with E-state index in [1.807, 2.05) is 18.7 Å². The highest BCUT2D eigenvalue weighted by Gasteiger charge is 2.26. The highest BCUT2D eigenvalue weighted by Crippen LogP contribution is 2.18. The molecule has 2 rings (SSSR count). The van der Waals surface area contributed by atoms with Gasteiger partial charge < -0.3 is 10.2 Å². The lowest BCUT2D eigenvalue weighted by Crippen LogP contribution is -2.46. The quantitative estimate of drug-likeness (QED) is 0.696. The highest BCUT2D eigenvalue weighted by atomic mass is 32.2. The molecule has 1 saturated heterocycles. The van der Waals surface area contributed by atoms with Crippen molar-refractivity contribution in [1.29, 1.82) is 0 Å². The maximum atomic E-state index is 12.7. The molecule has 2 amide bonds. The minimum atomic E-state index is -3.61. The van der Waals surface area contributed by atoms with Crippen molar-refractivity contribution >= 4 is 21.8 Å². The monoisotopic (exact) mass is 423 g/mol. The van der Waals surface area contributed by atoms with Crippen molar-refractivity contribution in [1.82, 2.24) is 14.5 Å². The molecule has 0 spiro atoms. The van der Waals surface area contributed by atoms with Gasteiger partial charge in [0, 0.05) is 44.2 Å². The van der Waals surface area contributed by atoms with Crippen molar-refractivity contribution < 1.29 is 18.0 Å². The summed E-state index contributed by atoms with van der Waals surface area (Å²) in [6, 6.07) is 6.15. The lowest BCUT2D eigenvalue weighted by atomic mass is 10.0. The van der Waals surface area contributed by atoms with Gasteiger partial charge in [-0.25, -0.2) is 8.42 Å². The molecule has 0 aromatic heterocycles. The van der Waals surface area contributed by atoms with E-state index in [1.165, 1.54) is 16.4 Å². The lowest BCUT2D eigenvalue weighted by molar-refractivity contribution is -0.133. The number of amides is 2. The fourth-order valence-corrected chi connectivity index (χ4v) is 5.04. The maximum Gasteiger partial charge on any atom is 0.251 e.